The van der Waals surface area contributed by atoms with E-state index in [1.165, 1.54) is 11.1 Å². The molecule has 0 aromatic heterocycles. The van der Waals surface area contributed by atoms with E-state index in [1.54, 1.807) is 0 Å². The van der Waals surface area contributed by atoms with Gasteiger partial charge in [0, 0.05) is 16.1 Å². The Morgan fingerprint density at radius 2 is 1.58 bits per heavy atom. The minimum Gasteiger partial charge on any atom is -0.269 e. The van der Waals surface area contributed by atoms with E-state index in [1.807, 2.05) is 17.8 Å². The molecule has 19 heavy (non-hydrogen) atoms. The van der Waals surface area contributed by atoms with Crippen LogP contribution in [0.1, 0.15) is 17.2 Å². The van der Waals surface area contributed by atoms with Gasteiger partial charge in [-0.1, -0.05) is 88.4 Å². The molecule has 0 unspecified atom stereocenters. The number of rotatable bonds is 3. The Hall–Kier alpha value is -1.06. The van der Waals surface area contributed by atoms with Gasteiger partial charge in [-0.05, 0) is 5.56 Å². The second-order valence-corrected chi connectivity index (χ2v) is 6.34. The van der Waals surface area contributed by atoms with Crippen molar-refractivity contribution in [2.24, 2.45) is 4.99 Å². The van der Waals surface area contributed by atoms with Gasteiger partial charge in [0.15, 0.2) is 0 Å². The SMILES string of the molecule is BrC[C@H]1SC(c2ccccc2)=N[C@@H]1c1ccccc1. The summed E-state index contributed by atoms with van der Waals surface area (Å²) in [6, 6.07) is 21.2. The molecule has 2 atom stereocenters. The normalized spacial score (nSPS) is 22.3. The van der Waals surface area contributed by atoms with Crippen LogP contribution in [0.25, 0.3) is 0 Å². The summed E-state index contributed by atoms with van der Waals surface area (Å²) < 4.78 is 0. The van der Waals surface area contributed by atoms with E-state index in [0.29, 0.717) is 5.25 Å². The fourth-order valence-corrected chi connectivity index (χ4v) is 4.12. The van der Waals surface area contributed by atoms with Crippen molar-refractivity contribution in [1.29, 1.82) is 0 Å². The van der Waals surface area contributed by atoms with E-state index >= 15 is 0 Å². The number of aliphatic imine (C=N–C) groups is 1. The average molecular weight is 332 g/mol. The third kappa shape index (κ3) is 2.77. The standard InChI is InChI=1S/C16H14BrNS/c17-11-14-15(12-7-3-1-4-8-12)18-16(19-14)13-9-5-2-6-10-13/h1-10,14-15H,11H2/t14-,15-/m1/s1. The molecule has 3 heteroatoms. The quantitative estimate of drug-likeness (QED) is 0.743. The predicted octanol–water partition coefficient (Wildman–Crippen LogP) is 4.68. The second kappa shape index (κ2) is 5.93. The molecule has 0 saturated carbocycles. The molecule has 96 valence electrons. The van der Waals surface area contributed by atoms with Gasteiger partial charge >= 0.3 is 0 Å². The smallest absolute Gasteiger partial charge is 0.0988 e. The molecule has 0 aliphatic carbocycles. The number of thioether (sulfide) groups is 1. The highest BCUT2D eigenvalue weighted by molar-refractivity contribution is 9.09. The van der Waals surface area contributed by atoms with Crippen molar-refractivity contribution < 1.29 is 0 Å². The minimum atomic E-state index is 0.251. The first-order valence-electron chi connectivity index (χ1n) is 6.29. The van der Waals surface area contributed by atoms with Crippen LogP contribution in [0.4, 0.5) is 0 Å². The van der Waals surface area contributed by atoms with Gasteiger partial charge in [-0.15, -0.1) is 0 Å². The Morgan fingerprint density at radius 3 is 2.21 bits per heavy atom. The summed E-state index contributed by atoms with van der Waals surface area (Å²) in [5.74, 6) is 0. The van der Waals surface area contributed by atoms with Crippen LogP contribution in [-0.4, -0.2) is 15.6 Å². The third-order valence-electron chi connectivity index (χ3n) is 3.19. The van der Waals surface area contributed by atoms with Crippen LogP contribution in [0.2, 0.25) is 0 Å². The van der Waals surface area contributed by atoms with Crippen molar-refractivity contribution in [1.82, 2.24) is 0 Å². The zero-order valence-corrected chi connectivity index (χ0v) is 12.8. The number of benzene rings is 2. The Labute approximate surface area is 126 Å². The molecule has 0 bridgehead atoms. The van der Waals surface area contributed by atoms with E-state index in [-0.39, 0.29) is 6.04 Å². The van der Waals surface area contributed by atoms with Crippen LogP contribution in [0, 0.1) is 0 Å². The third-order valence-corrected chi connectivity index (χ3v) is 5.60. The molecule has 1 heterocycles. The summed E-state index contributed by atoms with van der Waals surface area (Å²) in [5, 5.41) is 2.58. The van der Waals surface area contributed by atoms with Crippen LogP contribution in [0.5, 0.6) is 0 Å². The Bertz CT molecular complexity index is 568. The number of alkyl halides is 1. The first-order chi connectivity index (χ1) is 9.38. The highest BCUT2D eigenvalue weighted by atomic mass is 79.9. The van der Waals surface area contributed by atoms with Crippen molar-refractivity contribution in [3.63, 3.8) is 0 Å². The van der Waals surface area contributed by atoms with Gasteiger partial charge in [0.2, 0.25) is 0 Å². The van der Waals surface area contributed by atoms with Crippen LogP contribution >= 0.6 is 27.7 Å². The summed E-state index contributed by atoms with van der Waals surface area (Å²) >= 11 is 5.49. The number of hydrogen-bond acceptors (Lipinski definition) is 2. The molecule has 1 nitrogen and oxygen atoms in total. The highest BCUT2D eigenvalue weighted by Gasteiger charge is 2.30. The number of nitrogens with zero attached hydrogens (tertiary/aromatic N) is 1. The Kier molecular flexibility index (Phi) is 4.04. The van der Waals surface area contributed by atoms with E-state index in [2.05, 4.69) is 70.5 Å². The van der Waals surface area contributed by atoms with Crippen molar-refractivity contribution in [2.45, 2.75) is 11.3 Å². The van der Waals surface area contributed by atoms with Crippen LogP contribution in [0.3, 0.4) is 0 Å². The summed E-state index contributed by atoms with van der Waals surface area (Å²) in [4.78, 5) is 4.93. The van der Waals surface area contributed by atoms with Crippen LogP contribution < -0.4 is 0 Å². The lowest BCUT2D eigenvalue weighted by atomic mass is 10.1. The van der Waals surface area contributed by atoms with Gasteiger partial charge in [-0.2, -0.15) is 0 Å². The number of halogens is 1. The molecule has 3 rings (SSSR count). The van der Waals surface area contributed by atoms with Gasteiger partial charge in [0.1, 0.15) is 0 Å². The van der Waals surface area contributed by atoms with Crippen molar-refractivity contribution >= 4 is 32.7 Å². The van der Waals surface area contributed by atoms with Crippen molar-refractivity contribution in [3.05, 3.63) is 71.8 Å². The van der Waals surface area contributed by atoms with Gasteiger partial charge in [0.05, 0.1) is 11.1 Å². The topological polar surface area (TPSA) is 12.4 Å². The molecule has 0 radical (unpaired) electrons. The molecule has 0 fully saturated rings. The van der Waals surface area contributed by atoms with E-state index in [0.717, 1.165) is 10.4 Å². The first kappa shape index (κ1) is 12.9. The highest BCUT2D eigenvalue weighted by Crippen LogP contribution is 2.40. The maximum Gasteiger partial charge on any atom is 0.0988 e. The molecule has 0 amide bonds. The molecular weight excluding hydrogens is 318 g/mol. The van der Waals surface area contributed by atoms with Gasteiger partial charge < -0.3 is 0 Å². The molecule has 1 aliphatic heterocycles. The van der Waals surface area contributed by atoms with Crippen LogP contribution in [-0.2, 0) is 0 Å². The summed E-state index contributed by atoms with van der Waals surface area (Å²) in [5.41, 5.74) is 2.52. The average Bonchev–Trinajstić information content (AvgIpc) is 2.93. The monoisotopic (exact) mass is 331 g/mol. The zero-order chi connectivity index (χ0) is 13.1. The molecule has 0 N–H and O–H groups in total. The molecule has 0 spiro atoms. The van der Waals surface area contributed by atoms with Gasteiger partial charge in [-0.25, -0.2) is 0 Å². The lowest BCUT2D eigenvalue weighted by Crippen LogP contribution is -2.10. The molecular formula is C16H14BrNS. The first-order valence-corrected chi connectivity index (χ1v) is 8.29. The lowest BCUT2D eigenvalue weighted by molar-refractivity contribution is 0.743. The van der Waals surface area contributed by atoms with Crippen molar-refractivity contribution in [3.8, 4) is 0 Å². The van der Waals surface area contributed by atoms with E-state index in [9.17, 15) is 0 Å². The maximum atomic E-state index is 4.93. The number of hydrogen-bond donors (Lipinski definition) is 0. The fraction of sp³-hybridized carbons (Fsp3) is 0.188. The maximum absolute atomic E-state index is 4.93. The Morgan fingerprint density at radius 1 is 0.947 bits per heavy atom. The predicted molar refractivity (Wildman–Crippen MR) is 87.3 cm³/mol. The fourth-order valence-electron chi connectivity index (χ4n) is 2.23. The summed E-state index contributed by atoms with van der Waals surface area (Å²) in [6.07, 6.45) is 0. The molecule has 2 aromatic rings. The van der Waals surface area contributed by atoms with Crippen LogP contribution in [0.15, 0.2) is 65.7 Å². The zero-order valence-electron chi connectivity index (χ0n) is 10.4. The second-order valence-electron chi connectivity index (χ2n) is 4.47. The molecule has 0 saturated heterocycles. The largest absolute Gasteiger partial charge is 0.269 e. The Balaban J connectivity index is 1.93. The van der Waals surface area contributed by atoms with Gasteiger partial charge in [-0.3, -0.25) is 4.99 Å². The summed E-state index contributed by atoms with van der Waals surface area (Å²) in [7, 11) is 0. The molecule has 2 aromatic carbocycles. The van der Waals surface area contributed by atoms with E-state index < -0.39 is 0 Å². The van der Waals surface area contributed by atoms with Gasteiger partial charge in [0.25, 0.3) is 0 Å². The minimum absolute atomic E-state index is 0.251. The summed E-state index contributed by atoms with van der Waals surface area (Å²) in [6.45, 7) is 0. The van der Waals surface area contributed by atoms with Crippen molar-refractivity contribution in [2.75, 3.05) is 5.33 Å². The van der Waals surface area contributed by atoms with E-state index in [4.69, 9.17) is 4.99 Å². The molecule has 1 aliphatic rings. The lowest BCUT2D eigenvalue weighted by Gasteiger charge is -2.14.